The fourth-order valence-electron chi connectivity index (χ4n) is 0.988. The summed E-state index contributed by atoms with van der Waals surface area (Å²) in [5.74, 6) is 5.13. The van der Waals surface area contributed by atoms with E-state index in [0.29, 0.717) is 5.56 Å². The summed E-state index contributed by atoms with van der Waals surface area (Å²) in [5, 5.41) is 9.43. The van der Waals surface area contributed by atoms with Crippen LogP contribution in [0.2, 0.25) is 0 Å². The molecular formula is C11H14N2O. The molecular weight excluding hydrogens is 176 g/mol. The summed E-state index contributed by atoms with van der Waals surface area (Å²) < 4.78 is 0. The zero-order valence-electron chi connectivity index (χ0n) is 7.80. The lowest BCUT2D eigenvalue weighted by atomic mass is 10.2. The Morgan fingerprint density at radius 2 is 1.36 bits per heavy atom. The van der Waals surface area contributed by atoms with Crippen LogP contribution in [0.1, 0.15) is 11.8 Å². The summed E-state index contributed by atoms with van der Waals surface area (Å²) in [6, 6.07) is 16.8. The van der Waals surface area contributed by atoms with Crippen LogP contribution in [0.5, 0.6) is 0 Å². The van der Waals surface area contributed by atoms with Gasteiger partial charge in [0.1, 0.15) is 6.23 Å². The molecule has 1 aromatic carbocycles. The predicted molar refractivity (Wildman–Crippen MR) is 56.4 cm³/mol. The van der Waals surface area contributed by atoms with Crippen molar-refractivity contribution in [1.29, 1.82) is 0 Å². The topological polar surface area (TPSA) is 58.3 Å². The van der Waals surface area contributed by atoms with Crippen LogP contribution in [0.25, 0.3) is 0 Å². The lowest BCUT2D eigenvalue weighted by molar-refractivity contribution is 0.140. The standard InChI is InChI=1S/C11H14N2O/c12-13-11(14)10-8-6-4-2-1-3-5-7-9-10/h1-9,11,13-14H,12H2. The molecule has 0 aromatic heterocycles. The van der Waals surface area contributed by atoms with Crippen molar-refractivity contribution >= 4 is 0 Å². The minimum Gasteiger partial charge on any atom is -0.373 e. The molecule has 3 heteroatoms. The Bertz CT molecular complexity index is 302. The number of hydrazine groups is 1. The molecule has 14 heavy (non-hydrogen) atoms. The highest BCUT2D eigenvalue weighted by atomic mass is 16.3. The molecule has 0 fully saturated rings. The minimum absolute atomic E-state index is 0.712. The third-order valence-electron chi connectivity index (χ3n) is 1.72. The first-order valence-corrected chi connectivity index (χ1v) is 4.37. The molecule has 0 saturated carbocycles. The first-order chi connectivity index (χ1) is 6.84. The minimum atomic E-state index is -0.840. The van der Waals surface area contributed by atoms with Crippen molar-refractivity contribution in [2.45, 2.75) is 6.23 Å². The maximum absolute atomic E-state index is 9.43. The molecule has 0 saturated heterocycles. The first-order valence-electron chi connectivity index (χ1n) is 4.37. The average Bonchev–Trinajstić information content (AvgIpc) is 2.24. The van der Waals surface area contributed by atoms with E-state index in [1.54, 1.807) is 12.1 Å². The Morgan fingerprint density at radius 1 is 0.929 bits per heavy atom. The van der Waals surface area contributed by atoms with E-state index < -0.39 is 6.23 Å². The molecule has 0 spiro atoms. The van der Waals surface area contributed by atoms with Gasteiger partial charge in [-0.25, -0.2) is 5.43 Å². The van der Waals surface area contributed by atoms with Crippen molar-refractivity contribution in [2.24, 2.45) is 5.84 Å². The summed E-state index contributed by atoms with van der Waals surface area (Å²) >= 11 is 0. The van der Waals surface area contributed by atoms with E-state index in [2.05, 4.69) is 5.43 Å². The molecule has 1 rings (SSSR count). The molecule has 74 valence electrons. The van der Waals surface area contributed by atoms with Gasteiger partial charge in [-0.2, -0.15) is 0 Å². The molecule has 4 N–H and O–H groups in total. The van der Waals surface area contributed by atoms with E-state index in [-0.39, 0.29) is 0 Å². The summed E-state index contributed by atoms with van der Waals surface area (Å²) in [5.41, 5.74) is 2.99. The van der Waals surface area contributed by atoms with E-state index >= 15 is 0 Å². The van der Waals surface area contributed by atoms with Gasteiger partial charge >= 0.3 is 0 Å². The number of nitrogens with two attached hydrogens (primary N) is 1. The summed E-state index contributed by atoms with van der Waals surface area (Å²) in [7, 11) is 0. The van der Waals surface area contributed by atoms with Crippen LogP contribution in [0.3, 0.4) is 0 Å². The highest BCUT2D eigenvalue weighted by Gasteiger charge is 1.99. The Balaban J connectivity index is 3.07. The molecule has 0 aliphatic rings. The Hall–Kier alpha value is -1.42. The third kappa shape index (κ3) is 3.53. The van der Waals surface area contributed by atoms with Crippen molar-refractivity contribution in [2.75, 3.05) is 0 Å². The third-order valence-corrected chi connectivity index (χ3v) is 1.72. The van der Waals surface area contributed by atoms with Crippen molar-refractivity contribution in [3.05, 3.63) is 60.2 Å². The molecule has 1 unspecified atom stereocenters. The van der Waals surface area contributed by atoms with E-state index in [1.807, 2.05) is 42.5 Å². The van der Waals surface area contributed by atoms with E-state index in [9.17, 15) is 5.11 Å². The maximum Gasteiger partial charge on any atom is 0.143 e. The predicted octanol–water partition coefficient (Wildman–Crippen LogP) is 1.27. The zero-order valence-corrected chi connectivity index (χ0v) is 7.80. The molecule has 1 aromatic rings. The molecule has 0 aliphatic heterocycles. The summed E-state index contributed by atoms with van der Waals surface area (Å²) in [4.78, 5) is 0. The first kappa shape index (κ1) is 10.7. The van der Waals surface area contributed by atoms with Gasteiger partial charge in [0.25, 0.3) is 0 Å². The van der Waals surface area contributed by atoms with Gasteiger partial charge in [0.05, 0.1) is 0 Å². The monoisotopic (exact) mass is 190 g/mol. The van der Waals surface area contributed by atoms with Gasteiger partial charge in [0, 0.05) is 0 Å². The SMILES string of the molecule is NNC(O)c1ccccccccc1. The van der Waals surface area contributed by atoms with E-state index in [0.717, 1.165) is 0 Å². The van der Waals surface area contributed by atoms with Crippen molar-refractivity contribution < 1.29 is 5.11 Å². The fourth-order valence-corrected chi connectivity index (χ4v) is 0.988. The number of nitrogens with one attached hydrogen (secondary N) is 1. The normalized spacial score (nSPS) is 11.6. The Labute approximate surface area is 83.5 Å². The largest absolute Gasteiger partial charge is 0.373 e. The number of aliphatic hydroxyl groups is 1. The second-order valence-electron chi connectivity index (χ2n) is 2.75. The van der Waals surface area contributed by atoms with Crippen LogP contribution in [-0.2, 0) is 0 Å². The van der Waals surface area contributed by atoms with Crippen LogP contribution in [0, 0.1) is 0 Å². The fraction of sp³-hybridized carbons (Fsp3) is 0.0909. The quantitative estimate of drug-likeness (QED) is 0.374. The molecule has 0 aliphatic carbocycles. The van der Waals surface area contributed by atoms with Crippen molar-refractivity contribution in [3.63, 3.8) is 0 Å². The van der Waals surface area contributed by atoms with E-state index in [4.69, 9.17) is 5.84 Å². The van der Waals surface area contributed by atoms with Gasteiger partial charge in [0.15, 0.2) is 0 Å². The number of rotatable bonds is 2. The molecule has 1 atom stereocenters. The molecule has 3 nitrogen and oxygen atoms in total. The van der Waals surface area contributed by atoms with Gasteiger partial charge in [-0.05, 0) is 5.56 Å². The second kappa shape index (κ2) is 6.10. The van der Waals surface area contributed by atoms with Crippen LogP contribution >= 0.6 is 0 Å². The van der Waals surface area contributed by atoms with Crippen LogP contribution in [0.4, 0.5) is 0 Å². The molecule has 0 heterocycles. The Kier molecular flexibility index (Phi) is 4.64. The highest BCUT2D eigenvalue weighted by molar-refractivity contribution is 5.13. The van der Waals surface area contributed by atoms with E-state index in [1.165, 1.54) is 0 Å². The smallest absolute Gasteiger partial charge is 0.143 e. The van der Waals surface area contributed by atoms with Crippen LogP contribution in [-0.4, -0.2) is 5.11 Å². The maximum atomic E-state index is 9.43. The highest BCUT2D eigenvalue weighted by Crippen LogP contribution is 2.04. The number of hydrogen-bond donors (Lipinski definition) is 3. The van der Waals surface area contributed by atoms with Crippen molar-refractivity contribution in [3.8, 4) is 0 Å². The zero-order chi connectivity index (χ0) is 10.2. The lowest BCUT2D eigenvalue weighted by Gasteiger charge is -2.06. The van der Waals surface area contributed by atoms with Crippen molar-refractivity contribution in [1.82, 2.24) is 5.43 Å². The Morgan fingerprint density at radius 3 is 1.79 bits per heavy atom. The van der Waals surface area contributed by atoms with Gasteiger partial charge < -0.3 is 5.11 Å². The van der Waals surface area contributed by atoms with Gasteiger partial charge in [-0.15, -0.1) is 0 Å². The number of hydrogen-bond acceptors (Lipinski definition) is 3. The molecule has 0 radical (unpaired) electrons. The summed E-state index contributed by atoms with van der Waals surface area (Å²) in [6.07, 6.45) is -0.840. The average molecular weight is 190 g/mol. The van der Waals surface area contributed by atoms with Crippen LogP contribution in [0.15, 0.2) is 54.6 Å². The van der Waals surface area contributed by atoms with Gasteiger partial charge in [-0.1, -0.05) is 54.6 Å². The van der Waals surface area contributed by atoms with Gasteiger partial charge in [0.2, 0.25) is 0 Å². The summed E-state index contributed by atoms with van der Waals surface area (Å²) in [6.45, 7) is 0. The van der Waals surface area contributed by atoms with Crippen LogP contribution < -0.4 is 11.3 Å². The number of aliphatic hydroxyl groups excluding tert-OH is 1. The van der Waals surface area contributed by atoms with Gasteiger partial charge in [-0.3, -0.25) is 5.84 Å². The second-order valence-corrected chi connectivity index (χ2v) is 2.75. The lowest BCUT2D eigenvalue weighted by Crippen LogP contribution is -2.27. The molecule has 0 bridgehead atoms. The molecule has 0 amide bonds.